The van der Waals surface area contributed by atoms with Gasteiger partial charge in [-0.1, -0.05) is 18.2 Å². The van der Waals surface area contributed by atoms with Crippen LogP contribution in [0.15, 0.2) is 37.2 Å². The highest BCUT2D eigenvalue weighted by Gasteiger charge is 2.37. The van der Waals surface area contributed by atoms with Crippen LogP contribution in [0.3, 0.4) is 0 Å². The van der Waals surface area contributed by atoms with Crippen molar-refractivity contribution in [2.45, 2.75) is 75.8 Å². The number of unbranched alkanes of at least 4 members (excludes halogenated alkanes) is 2. The van der Waals surface area contributed by atoms with Gasteiger partial charge in [-0.25, -0.2) is 19.7 Å². The van der Waals surface area contributed by atoms with Gasteiger partial charge in [0.2, 0.25) is 0 Å². The van der Waals surface area contributed by atoms with Crippen LogP contribution < -0.4 is 11.4 Å². The van der Waals surface area contributed by atoms with Crippen LogP contribution in [-0.2, 0) is 10.5 Å². The van der Waals surface area contributed by atoms with Gasteiger partial charge in [0.05, 0.1) is 12.7 Å². The second-order valence-corrected chi connectivity index (χ2v) is 13.1. The molecule has 4 N–H and O–H groups in total. The number of nitrogens with zero attached hydrogens (tertiary/aromatic N) is 4. The molecule has 5 heterocycles. The number of anilines is 1. The Morgan fingerprint density at radius 3 is 2.65 bits per heavy atom. The zero-order chi connectivity index (χ0) is 30.2. The summed E-state index contributed by atoms with van der Waals surface area (Å²) in [6.45, 7) is 5.61. The Morgan fingerprint density at radius 1 is 1.07 bits per heavy atom. The molecule has 228 valence electrons. The molecular weight excluding hydrogens is 590 g/mol. The smallest absolute Gasteiger partial charge is 0.336 e. The van der Waals surface area contributed by atoms with E-state index in [-0.39, 0.29) is 12.2 Å². The largest absolute Gasteiger partial charge is 0.461 e. The number of aliphatic hydroxyl groups is 2. The van der Waals surface area contributed by atoms with E-state index >= 15 is 0 Å². The van der Waals surface area contributed by atoms with Gasteiger partial charge in [0.15, 0.2) is 22.1 Å². The lowest BCUT2D eigenvalue weighted by Crippen LogP contribution is -2.24. The molecule has 0 radical (unpaired) electrons. The van der Waals surface area contributed by atoms with Crippen molar-refractivity contribution in [3.05, 3.63) is 51.3 Å². The van der Waals surface area contributed by atoms with Crippen molar-refractivity contribution in [3.63, 3.8) is 0 Å². The topological polar surface area (TPSA) is 163 Å². The van der Waals surface area contributed by atoms with Crippen LogP contribution in [0, 0.1) is 20.8 Å². The Labute approximate surface area is 256 Å². The fraction of sp³-hybridized carbons (Fsp3) is 0.467. The number of fused-ring (bicyclic) bond motifs is 3. The van der Waals surface area contributed by atoms with Gasteiger partial charge < -0.3 is 29.5 Å². The minimum absolute atomic E-state index is 0.256. The van der Waals surface area contributed by atoms with E-state index in [4.69, 9.17) is 24.3 Å². The van der Waals surface area contributed by atoms with Crippen LogP contribution in [0.2, 0.25) is 0 Å². The van der Waals surface area contributed by atoms with Gasteiger partial charge in [0.1, 0.15) is 35.6 Å². The van der Waals surface area contributed by atoms with Gasteiger partial charge >= 0.3 is 5.63 Å². The lowest BCUT2D eigenvalue weighted by molar-refractivity contribution is -0.0457. The van der Waals surface area contributed by atoms with Gasteiger partial charge in [0, 0.05) is 45.9 Å². The second-order valence-electron chi connectivity index (χ2n) is 10.9. The quantitative estimate of drug-likeness (QED) is 0.102. The lowest BCUT2D eigenvalue weighted by Gasteiger charge is -2.16. The summed E-state index contributed by atoms with van der Waals surface area (Å²) < 4.78 is 19.4. The first-order valence-electron chi connectivity index (χ1n) is 14.4. The van der Waals surface area contributed by atoms with Crippen molar-refractivity contribution in [1.82, 2.24) is 19.5 Å². The predicted octanol–water partition coefficient (Wildman–Crippen LogP) is 5.02. The number of aryl methyl sites for hydroxylation is 3. The second kappa shape index (κ2) is 12.5. The minimum atomic E-state index is -0.763. The number of hydrogen-bond donors (Lipinski definition) is 3. The monoisotopic (exact) mass is 625 g/mol. The standard InChI is InChI=1S/C30H35N5O6S2/c1-15-9-24(38)41-26-16(2)27-19(10-18(15)26)20(17(3)39-27)13-42-7-5-4-6-8-43-30-34-25-28(31)32-14-33-29(25)35(30)23-11-21(37)22(12-36)40-23/h9-10,14,21-23,36-37H,4-8,11-13H2,1-3H3,(H2,31,32,33)/t21-,22+,23+/m0/s1. The summed E-state index contributed by atoms with van der Waals surface area (Å²) in [6, 6.07) is 3.62. The fourth-order valence-corrected chi connectivity index (χ4v) is 7.80. The Balaban J connectivity index is 1.04. The third-order valence-electron chi connectivity index (χ3n) is 7.98. The van der Waals surface area contributed by atoms with Gasteiger partial charge in [-0.2, -0.15) is 11.8 Å². The van der Waals surface area contributed by atoms with Crippen LogP contribution in [0.25, 0.3) is 33.1 Å². The first-order chi connectivity index (χ1) is 20.8. The first kappa shape index (κ1) is 29.9. The van der Waals surface area contributed by atoms with Gasteiger partial charge in [0.25, 0.3) is 0 Å². The molecule has 5 aromatic rings. The molecule has 0 saturated carbocycles. The van der Waals surface area contributed by atoms with Crippen molar-refractivity contribution in [2.75, 3.05) is 23.8 Å². The van der Waals surface area contributed by atoms with E-state index in [0.29, 0.717) is 34.1 Å². The summed E-state index contributed by atoms with van der Waals surface area (Å²) in [7, 11) is 0. The van der Waals surface area contributed by atoms with Gasteiger partial charge in [-0.15, -0.1) is 0 Å². The average molecular weight is 626 g/mol. The van der Waals surface area contributed by atoms with E-state index in [2.05, 4.69) is 16.0 Å². The summed E-state index contributed by atoms with van der Waals surface area (Å²) >= 11 is 3.50. The zero-order valence-electron chi connectivity index (χ0n) is 24.3. The highest BCUT2D eigenvalue weighted by atomic mass is 32.2. The number of nitrogens with two attached hydrogens (primary N) is 1. The highest BCUT2D eigenvalue weighted by molar-refractivity contribution is 7.99. The number of imidazole rings is 1. The zero-order valence-corrected chi connectivity index (χ0v) is 26.0. The molecule has 1 aliphatic heterocycles. The van der Waals surface area contributed by atoms with Gasteiger partial charge in [-0.05, 0) is 51.0 Å². The van der Waals surface area contributed by atoms with Crippen LogP contribution in [0.1, 0.15) is 54.4 Å². The van der Waals surface area contributed by atoms with Crippen molar-refractivity contribution in [1.29, 1.82) is 0 Å². The van der Waals surface area contributed by atoms with Crippen molar-refractivity contribution >= 4 is 62.4 Å². The van der Waals surface area contributed by atoms with Crippen molar-refractivity contribution < 1.29 is 23.8 Å². The first-order valence-corrected chi connectivity index (χ1v) is 16.5. The molecule has 3 atom stereocenters. The Bertz CT molecular complexity index is 1850. The third-order valence-corrected chi connectivity index (χ3v) is 10.1. The maximum Gasteiger partial charge on any atom is 0.336 e. The number of thioether (sulfide) groups is 2. The molecule has 6 rings (SSSR count). The fourth-order valence-electron chi connectivity index (χ4n) is 5.66. The molecule has 0 spiro atoms. The van der Waals surface area contributed by atoms with Crippen LogP contribution >= 0.6 is 23.5 Å². The minimum Gasteiger partial charge on any atom is -0.461 e. The van der Waals surface area contributed by atoms with Crippen molar-refractivity contribution in [3.8, 4) is 0 Å². The number of ether oxygens (including phenoxy) is 1. The summed E-state index contributed by atoms with van der Waals surface area (Å²) in [6.07, 6.45) is 3.00. The number of furan rings is 1. The number of hydrogen-bond acceptors (Lipinski definition) is 12. The number of nitrogen functional groups attached to an aromatic ring is 1. The molecule has 1 fully saturated rings. The van der Waals surface area contributed by atoms with E-state index in [1.807, 2.05) is 37.1 Å². The SMILES string of the molecule is Cc1oc2c(C)c3oc(=O)cc(C)c3cc2c1CSCCCCCSc1nc2c(N)ncnc2n1[C@H]1C[C@H](O)[C@@H](CO)O1. The van der Waals surface area contributed by atoms with Crippen LogP contribution in [-0.4, -0.2) is 60.1 Å². The maximum absolute atomic E-state index is 11.9. The predicted molar refractivity (Wildman–Crippen MR) is 169 cm³/mol. The molecule has 4 aromatic heterocycles. The highest BCUT2D eigenvalue weighted by Crippen LogP contribution is 2.37. The molecule has 1 aliphatic rings. The third kappa shape index (κ3) is 5.76. The van der Waals surface area contributed by atoms with E-state index in [9.17, 15) is 15.0 Å². The molecule has 1 aromatic carbocycles. The Hall–Kier alpha value is -3.10. The summed E-state index contributed by atoms with van der Waals surface area (Å²) in [5, 5.41) is 22.6. The number of aliphatic hydroxyl groups excluding tert-OH is 2. The Morgan fingerprint density at radius 2 is 1.86 bits per heavy atom. The summed E-state index contributed by atoms with van der Waals surface area (Å²) in [5.74, 6) is 3.93. The van der Waals surface area contributed by atoms with E-state index in [1.165, 1.54) is 18.0 Å². The van der Waals surface area contributed by atoms with E-state index in [0.717, 1.165) is 69.8 Å². The molecule has 0 bridgehead atoms. The van der Waals surface area contributed by atoms with Crippen LogP contribution in [0.4, 0.5) is 5.82 Å². The number of benzene rings is 1. The molecule has 0 unspecified atom stereocenters. The van der Waals surface area contributed by atoms with Crippen LogP contribution in [0.5, 0.6) is 0 Å². The number of aromatic nitrogens is 4. The van der Waals surface area contributed by atoms with Gasteiger partial charge in [-0.3, -0.25) is 4.57 Å². The lowest BCUT2D eigenvalue weighted by atomic mass is 10.0. The molecular formula is C30H35N5O6S2. The summed E-state index contributed by atoms with van der Waals surface area (Å²) in [5.41, 5.74) is 11.1. The molecule has 43 heavy (non-hydrogen) atoms. The molecule has 1 saturated heterocycles. The van der Waals surface area contributed by atoms with E-state index < -0.39 is 18.4 Å². The van der Waals surface area contributed by atoms with E-state index in [1.54, 1.807) is 11.8 Å². The molecule has 0 amide bonds. The molecule has 13 heteroatoms. The van der Waals surface area contributed by atoms with Crippen molar-refractivity contribution in [2.24, 2.45) is 0 Å². The summed E-state index contributed by atoms with van der Waals surface area (Å²) in [4.78, 5) is 25.1. The Kier molecular flexibility index (Phi) is 8.70. The molecule has 0 aliphatic carbocycles. The molecule has 11 nitrogen and oxygen atoms in total. The number of rotatable bonds is 11. The average Bonchev–Trinajstić information content (AvgIpc) is 3.63. The normalized spacial score (nSPS) is 19.0. The maximum atomic E-state index is 11.9.